The lowest BCUT2D eigenvalue weighted by Crippen LogP contribution is -2.64. The van der Waals surface area contributed by atoms with Crippen LogP contribution in [-0.4, -0.2) is 49.3 Å². The van der Waals surface area contributed by atoms with Gasteiger partial charge < -0.3 is 10.1 Å². The fourth-order valence-corrected chi connectivity index (χ4v) is 4.16. The van der Waals surface area contributed by atoms with Gasteiger partial charge in [-0.1, -0.05) is 19.3 Å². The van der Waals surface area contributed by atoms with E-state index in [1.807, 2.05) is 0 Å². The van der Waals surface area contributed by atoms with Crippen molar-refractivity contribution in [2.45, 2.75) is 63.5 Å². The summed E-state index contributed by atoms with van der Waals surface area (Å²) >= 11 is 0. The van der Waals surface area contributed by atoms with Crippen molar-refractivity contribution < 1.29 is 4.74 Å². The Kier molecular flexibility index (Phi) is 4.45. The van der Waals surface area contributed by atoms with E-state index in [0.29, 0.717) is 11.6 Å². The van der Waals surface area contributed by atoms with Gasteiger partial charge in [-0.25, -0.2) is 0 Å². The van der Waals surface area contributed by atoms with E-state index in [1.165, 1.54) is 64.6 Å². The van der Waals surface area contributed by atoms with Crippen molar-refractivity contribution in [3.63, 3.8) is 0 Å². The lowest BCUT2D eigenvalue weighted by molar-refractivity contribution is 0.0173. The van der Waals surface area contributed by atoms with E-state index in [9.17, 15) is 0 Å². The zero-order chi connectivity index (χ0) is 13.1. The van der Waals surface area contributed by atoms with Crippen LogP contribution in [0.5, 0.6) is 0 Å². The summed E-state index contributed by atoms with van der Waals surface area (Å²) in [6.07, 6.45) is 9.61. The first-order valence-electron chi connectivity index (χ1n) is 8.34. The van der Waals surface area contributed by atoms with Crippen molar-refractivity contribution in [2.24, 2.45) is 5.92 Å². The van der Waals surface area contributed by atoms with E-state index in [1.54, 1.807) is 0 Å². The van der Waals surface area contributed by atoms with Gasteiger partial charge in [-0.15, -0.1) is 0 Å². The minimum Gasteiger partial charge on any atom is -0.381 e. The molecule has 3 rings (SSSR count). The molecular formula is C16H30N2O. The van der Waals surface area contributed by atoms with E-state index in [2.05, 4.69) is 17.1 Å². The molecule has 1 saturated carbocycles. The van der Waals surface area contributed by atoms with Gasteiger partial charge in [-0.3, -0.25) is 4.90 Å². The van der Waals surface area contributed by atoms with Gasteiger partial charge in [0.05, 0.1) is 0 Å². The van der Waals surface area contributed by atoms with E-state index in [4.69, 9.17) is 4.74 Å². The second-order valence-corrected chi connectivity index (χ2v) is 7.06. The minimum absolute atomic E-state index is 0.454. The Morgan fingerprint density at radius 3 is 2.63 bits per heavy atom. The fourth-order valence-electron chi connectivity index (χ4n) is 4.16. The molecule has 0 aromatic heterocycles. The van der Waals surface area contributed by atoms with Crippen LogP contribution < -0.4 is 5.32 Å². The van der Waals surface area contributed by atoms with Crippen LogP contribution in [0.25, 0.3) is 0 Å². The van der Waals surface area contributed by atoms with E-state index in [0.717, 1.165) is 19.1 Å². The molecule has 1 atom stereocenters. The van der Waals surface area contributed by atoms with Crippen molar-refractivity contribution in [1.29, 1.82) is 0 Å². The molecule has 2 aliphatic heterocycles. The number of nitrogens with zero attached hydrogens (tertiary/aromatic N) is 1. The van der Waals surface area contributed by atoms with Crippen LogP contribution in [0, 0.1) is 5.92 Å². The van der Waals surface area contributed by atoms with Crippen LogP contribution in [0.4, 0.5) is 0 Å². The number of nitrogens with one attached hydrogen (secondary N) is 1. The second kappa shape index (κ2) is 6.11. The summed E-state index contributed by atoms with van der Waals surface area (Å²) in [5, 5.41) is 3.89. The number of hydrogen-bond donors (Lipinski definition) is 1. The summed E-state index contributed by atoms with van der Waals surface area (Å²) in [5.41, 5.74) is 0.454. The molecule has 3 fully saturated rings. The average molecular weight is 266 g/mol. The predicted octanol–water partition coefficient (Wildman–Crippen LogP) is 2.41. The molecule has 3 aliphatic rings. The molecule has 2 heterocycles. The van der Waals surface area contributed by atoms with Crippen molar-refractivity contribution >= 4 is 0 Å². The Morgan fingerprint density at radius 1 is 1.16 bits per heavy atom. The molecule has 3 nitrogen and oxygen atoms in total. The number of ether oxygens (including phenoxy) is 1. The van der Waals surface area contributed by atoms with Crippen molar-refractivity contribution in [2.75, 3.05) is 32.8 Å². The van der Waals surface area contributed by atoms with Gasteiger partial charge in [0, 0.05) is 44.4 Å². The summed E-state index contributed by atoms with van der Waals surface area (Å²) in [7, 11) is 0. The molecule has 110 valence electrons. The molecule has 0 radical (unpaired) electrons. The molecule has 1 N–H and O–H groups in total. The summed E-state index contributed by atoms with van der Waals surface area (Å²) in [6, 6.07) is 0.704. The molecule has 0 aromatic carbocycles. The highest BCUT2D eigenvalue weighted by atomic mass is 16.5. The van der Waals surface area contributed by atoms with Gasteiger partial charge in [0.1, 0.15) is 0 Å². The first-order valence-corrected chi connectivity index (χ1v) is 8.34. The molecular weight excluding hydrogens is 236 g/mol. The third kappa shape index (κ3) is 3.32. The van der Waals surface area contributed by atoms with Gasteiger partial charge in [-0.2, -0.15) is 0 Å². The Hall–Kier alpha value is -0.120. The lowest BCUT2D eigenvalue weighted by atomic mass is 9.79. The van der Waals surface area contributed by atoms with Crippen LogP contribution in [-0.2, 0) is 4.74 Å². The van der Waals surface area contributed by atoms with Crippen molar-refractivity contribution in [3.05, 3.63) is 0 Å². The molecule has 0 aromatic rings. The van der Waals surface area contributed by atoms with Gasteiger partial charge in [0.2, 0.25) is 0 Å². The number of rotatable bonds is 2. The highest BCUT2D eigenvalue weighted by molar-refractivity contribution is 4.99. The number of hydrogen-bond acceptors (Lipinski definition) is 3. The minimum atomic E-state index is 0.454. The first-order chi connectivity index (χ1) is 9.27. The van der Waals surface area contributed by atoms with E-state index >= 15 is 0 Å². The maximum atomic E-state index is 5.49. The summed E-state index contributed by atoms with van der Waals surface area (Å²) in [6.45, 7) is 8.12. The van der Waals surface area contributed by atoms with E-state index in [-0.39, 0.29) is 0 Å². The molecule has 3 heteroatoms. The average Bonchev–Trinajstić information content (AvgIpc) is 2.45. The predicted molar refractivity (Wildman–Crippen MR) is 78.4 cm³/mol. The van der Waals surface area contributed by atoms with Crippen LogP contribution in [0.3, 0.4) is 0 Å². The normalized spacial score (nSPS) is 33.6. The standard InChI is InChI=1S/C16H30N2O/c1-14-11-17-16(7-3-2-4-8-16)13-18(14)12-15-5-9-19-10-6-15/h14-15,17H,2-13H2,1H3. The highest BCUT2D eigenvalue weighted by Crippen LogP contribution is 2.32. The van der Waals surface area contributed by atoms with Crippen LogP contribution in [0.1, 0.15) is 51.9 Å². The van der Waals surface area contributed by atoms with E-state index < -0.39 is 0 Å². The van der Waals surface area contributed by atoms with Gasteiger partial charge in [-0.05, 0) is 38.5 Å². The topological polar surface area (TPSA) is 24.5 Å². The maximum Gasteiger partial charge on any atom is 0.0469 e. The second-order valence-electron chi connectivity index (χ2n) is 7.06. The largest absolute Gasteiger partial charge is 0.381 e. The third-order valence-corrected chi connectivity index (χ3v) is 5.55. The van der Waals surface area contributed by atoms with Crippen molar-refractivity contribution in [3.8, 4) is 0 Å². The maximum absolute atomic E-state index is 5.49. The summed E-state index contributed by atoms with van der Waals surface area (Å²) in [5.74, 6) is 0.870. The monoisotopic (exact) mass is 266 g/mol. The summed E-state index contributed by atoms with van der Waals surface area (Å²) < 4.78 is 5.49. The third-order valence-electron chi connectivity index (χ3n) is 5.55. The van der Waals surface area contributed by atoms with Gasteiger partial charge >= 0.3 is 0 Å². The smallest absolute Gasteiger partial charge is 0.0469 e. The molecule has 2 saturated heterocycles. The lowest BCUT2D eigenvalue weighted by Gasteiger charge is -2.50. The molecule has 1 spiro atoms. The zero-order valence-corrected chi connectivity index (χ0v) is 12.5. The number of piperazine rings is 1. The van der Waals surface area contributed by atoms with Crippen LogP contribution >= 0.6 is 0 Å². The SMILES string of the molecule is CC1CNC2(CCCCC2)CN1CC1CCOCC1. The molecule has 1 aliphatic carbocycles. The molecule has 0 bridgehead atoms. The molecule has 0 amide bonds. The van der Waals surface area contributed by atoms with Crippen LogP contribution in [0.15, 0.2) is 0 Å². The van der Waals surface area contributed by atoms with Crippen LogP contribution in [0.2, 0.25) is 0 Å². The summed E-state index contributed by atoms with van der Waals surface area (Å²) in [4.78, 5) is 2.78. The first kappa shape index (κ1) is 13.8. The highest BCUT2D eigenvalue weighted by Gasteiger charge is 2.39. The Balaban J connectivity index is 1.58. The molecule has 1 unspecified atom stereocenters. The molecule has 19 heavy (non-hydrogen) atoms. The quantitative estimate of drug-likeness (QED) is 0.830. The Bertz CT molecular complexity index is 282. The zero-order valence-electron chi connectivity index (χ0n) is 12.5. The van der Waals surface area contributed by atoms with Crippen molar-refractivity contribution in [1.82, 2.24) is 10.2 Å². The Morgan fingerprint density at radius 2 is 1.89 bits per heavy atom. The Labute approximate surface area is 118 Å². The van der Waals surface area contributed by atoms with Gasteiger partial charge in [0.15, 0.2) is 0 Å². The van der Waals surface area contributed by atoms with Gasteiger partial charge in [0.25, 0.3) is 0 Å². The fraction of sp³-hybridized carbons (Fsp3) is 1.00.